The number of benzene rings is 3. The molecule has 3 aromatic carbocycles. The Bertz CT molecular complexity index is 1480. The van der Waals surface area contributed by atoms with E-state index < -0.39 is 16.1 Å². The van der Waals surface area contributed by atoms with E-state index in [0.717, 1.165) is 10.9 Å². The summed E-state index contributed by atoms with van der Waals surface area (Å²) in [4.78, 5) is 4.72. The lowest BCUT2D eigenvalue weighted by Crippen LogP contribution is -2.39. The molecule has 0 spiro atoms. The first kappa shape index (κ1) is 22.4. The SMILES string of the molecule is CCOc1ccc2nc(Cl)c([C@@H]3C=C(c4ccccc4)NN3S(=O)(=O)c3ccccc3)cc2c1. The topological polar surface area (TPSA) is 71.5 Å². The average molecular weight is 492 g/mol. The van der Waals surface area contributed by atoms with Crippen LogP contribution in [0.2, 0.25) is 5.15 Å². The van der Waals surface area contributed by atoms with Gasteiger partial charge >= 0.3 is 0 Å². The van der Waals surface area contributed by atoms with Gasteiger partial charge in [-0.3, -0.25) is 0 Å². The number of aromatic nitrogens is 1. The highest BCUT2D eigenvalue weighted by molar-refractivity contribution is 7.89. The summed E-state index contributed by atoms with van der Waals surface area (Å²) in [5, 5.41) is 1.05. The van der Waals surface area contributed by atoms with Crippen LogP contribution in [0.5, 0.6) is 5.75 Å². The van der Waals surface area contributed by atoms with E-state index in [-0.39, 0.29) is 10.0 Å². The van der Waals surface area contributed by atoms with Gasteiger partial charge in [0, 0.05) is 10.9 Å². The predicted octanol–water partition coefficient (Wildman–Crippen LogP) is 5.58. The van der Waals surface area contributed by atoms with Crippen molar-refractivity contribution in [2.45, 2.75) is 17.9 Å². The molecule has 1 aliphatic heterocycles. The van der Waals surface area contributed by atoms with E-state index in [1.54, 1.807) is 30.3 Å². The molecular weight excluding hydrogens is 470 g/mol. The molecule has 4 aromatic rings. The number of hydrazine groups is 1. The van der Waals surface area contributed by atoms with Crippen LogP contribution in [-0.2, 0) is 10.0 Å². The maximum absolute atomic E-state index is 13.7. The summed E-state index contributed by atoms with van der Waals surface area (Å²) in [6, 6.07) is 24.6. The molecule has 172 valence electrons. The number of halogens is 1. The quantitative estimate of drug-likeness (QED) is 0.356. The first-order valence-corrected chi connectivity index (χ1v) is 12.7. The minimum absolute atomic E-state index is 0.179. The van der Waals surface area contributed by atoms with E-state index in [2.05, 4.69) is 10.4 Å². The number of hydrogen-bond donors (Lipinski definition) is 1. The second-order valence-corrected chi connectivity index (χ2v) is 9.95. The zero-order chi connectivity index (χ0) is 23.7. The molecule has 0 unspecified atom stereocenters. The molecule has 2 heterocycles. The van der Waals surface area contributed by atoms with Crippen LogP contribution in [0, 0.1) is 0 Å². The molecule has 0 amide bonds. The van der Waals surface area contributed by atoms with Gasteiger partial charge in [-0.15, -0.1) is 4.41 Å². The second-order valence-electron chi connectivity index (χ2n) is 7.77. The van der Waals surface area contributed by atoms with Gasteiger partial charge in [-0.1, -0.05) is 60.1 Å². The van der Waals surface area contributed by atoms with Crippen LogP contribution in [0.25, 0.3) is 16.6 Å². The smallest absolute Gasteiger partial charge is 0.260 e. The summed E-state index contributed by atoms with van der Waals surface area (Å²) in [5.41, 5.74) is 5.90. The Morgan fingerprint density at radius 1 is 1.00 bits per heavy atom. The van der Waals surface area contributed by atoms with E-state index in [1.807, 2.05) is 67.6 Å². The summed E-state index contributed by atoms with van der Waals surface area (Å²) < 4.78 is 34.2. The molecule has 6 nitrogen and oxygen atoms in total. The number of pyridine rings is 1. The van der Waals surface area contributed by atoms with Crippen molar-refractivity contribution in [1.29, 1.82) is 0 Å². The monoisotopic (exact) mass is 491 g/mol. The molecule has 5 rings (SSSR count). The van der Waals surface area contributed by atoms with Crippen molar-refractivity contribution in [2.75, 3.05) is 6.61 Å². The van der Waals surface area contributed by atoms with Crippen molar-refractivity contribution >= 4 is 38.2 Å². The van der Waals surface area contributed by atoms with Gasteiger partial charge in [0.2, 0.25) is 0 Å². The van der Waals surface area contributed by atoms with Gasteiger partial charge in [0.05, 0.1) is 28.8 Å². The molecule has 1 N–H and O–H groups in total. The Kier molecular flexibility index (Phi) is 6.00. The van der Waals surface area contributed by atoms with Crippen LogP contribution in [0.1, 0.15) is 24.1 Å². The van der Waals surface area contributed by atoms with Crippen LogP contribution >= 0.6 is 11.6 Å². The van der Waals surface area contributed by atoms with Gasteiger partial charge in [-0.25, -0.2) is 13.4 Å². The molecule has 1 atom stereocenters. The molecule has 8 heteroatoms. The Morgan fingerprint density at radius 3 is 2.41 bits per heavy atom. The molecule has 0 saturated carbocycles. The maximum Gasteiger partial charge on any atom is 0.260 e. The van der Waals surface area contributed by atoms with Crippen LogP contribution in [0.15, 0.2) is 95.9 Å². The van der Waals surface area contributed by atoms with Crippen LogP contribution in [-0.4, -0.2) is 24.4 Å². The highest BCUT2D eigenvalue weighted by Crippen LogP contribution is 2.39. The third kappa shape index (κ3) is 4.14. The van der Waals surface area contributed by atoms with Crippen LogP contribution < -0.4 is 10.2 Å². The van der Waals surface area contributed by atoms with Crippen molar-refractivity contribution in [3.63, 3.8) is 0 Å². The molecule has 0 aliphatic carbocycles. The van der Waals surface area contributed by atoms with Crippen LogP contribution in [0.4, 0.5) is 0 Å². The number of nitrogens with zero attached hydrogens (tertiary/aromatic N) is 2. The van der Waals surface area contributed by atoms with E-state index in [0.29, 0.717) is 29.1 Å². The zero-order valence-electron chi connectivity index (χ0n) is 18.4. The molecule has 1 aromatic heterocycles. The van der Waals surface area contributed by atoms with E-state index >= 15 is 0 Å². The second kappa shape index (κ2) is 9.10. The van der Waals surface area contributed by atoms with E-state index in [9.17, 15) is 8.42 Å². The summed E-state index contributed by atoms with van der Waals surface area (Å²) in [6.07, 6.45) is 1.86. The van der Waals surface area contributed by atoms with Crippen molar-refractivity contribution in [3.8, 4) is 5.75 Å². The van der Waals surface area contributed by atoms with Crippen molar-refractivity contribution in [2.24, 2.45) is 0 Å². The van der Waals surface area contributed by atoms with Crippen molar-refractivity contribution < 1.29 is 13.2 Å². The van der Waals surface area contributed by atoms with Gasteiger partial charge in [0.25, 0.3) is 10.0 Å². The third-order valence-corrected chi connectivity index (χ3v) is 7.60. The standard InChI is InChI=1S/C26H22ClN3O3S/c1-2-33-20-13-14-23-19(15-20)16-22(26(27)28-23)25-17-24(18-9-5-3-6-10-18)29-30(25)34(31,32)21-11-7-4-8-12-21/h3-17,25,29H,2H2,1H3/t25-/m0/s1. The minimum Gasteiger partial charge on any atom is -0.494 e. The van der Waals surface area contributed by atoms with Crippen LogP contribution in [0.3, 0.4) is 0 Å². The van der Waals surface area contributed by atoms with Gasteiger partial charge in [0.15, 0.2) is 0 Å². The normalized spacial score (nSPS) is 16.3. The largest absolute Gasteiger partial charge is 0.494 e. The number of ether oxygens (including phenoxy) is 1. The number of nitrogens with one attached hydrogen (secondary N) is 1. The molecular formula is C26H22ClN3O3S. The van der Waals surface area contributed by atoms with E-state index in [4.69, 9.17) is 16.3 Å². The lowest BCUT2D eigenvalue weighted by Gasteiger charge is -2.25. The molecule has 34 heavy (non-hydrogen) atoms. The molecule has 0 fully saturated rings. The lowest BCUT2D eigenvalue weighted by molar-refractivity contribution is 0.340. The first-order valence-electron chi connectivity index (χ1n) is 10.8. The molecule has 1 aliphatic rings. The summed E-state index contributed by atoms with van der Waals surface area (Å²) in [6.45, 7) is 2.46. The fourth-order valence-corrected chi connectivity index (χ4v) is 5.65. The number of hydrogen-bond acceptors (Lipinski definition) is 5. The van der Waals surface area contributed by atoms with Gasteiger partial charge in [0.1, 0.15) is 10.9 Å². The molecule has 0 saturated heterocycles. The number of sulfonamides is 1. The third-order valence-electron chi connectivity index (χ3n) is 5.59. The fraction of sp³-hybridized carbons (Fsp3) is 0.115. The number of fused-ring (bicyclic) bond motifs is 1. The Balaban J connectivity index is 1.65. The molecule has 0 radical (unpaired) electrons. The highest BCUT2D eigenvalue weighted by atomic mass is 35.5. The highest BCUT2D eigenvalue weighted by Gasteiger charge is 2.38. The summed E-state index contributed by atoms with van der Waals surface area (Å²) in [5.74, 6) is 0.712. The summed E-state index contributed by atoms with van der Waals surface area (Å²) >= 11 is 6.62. The van der Waals surface area contributed by atoms with Gasteiger partial charge in [-0.05, 0) is 55.0 Å². The summed E-state index contributed by atoms with van der Waals surface area (Å²) in [7, 11) is -3.90. The Labute approximate surface area is 203 Å². The minimum atomic E-state index is -3.90. The predicted molar refractivity (Wildman–Crippen MR) is 134 cm³/mol. The average Bonchev–Trinajstić information content (AvgIpc) is 3.31. The van der Waals surface area contributed by atoms with E-state index in [1.165, 1.54) is 4.41 Å². The maximum atomic E-state index is 13.7. The molecule has 0 bridgehead atoms. The van der Waals surface area contributed by atoms with Crippen molar-refractivity contribution in [1.82, 2.24) is 14.8 Å². The lowest BCUT2D eigenvalue weighted by atomic mass is 10.0. The number of rotatable bonds is 6. The zero-order valence-corrected chi connectivity index (χ0v) is 19.9. The van der Waals surface area contributed by atoms with Crippen molar-refractivity contribution in [3.05, 3.63) is 107 Å². The fourth-order valence-electron chi connectivity index (χ4n) is 3.97. The van der Waals surface area contributed by atoms with Gasteiger partial charge in [-0.2, -0.15) is 0 Å². The first-order chi connectivity index (χ1) is 16.5. The van der Waals surface area contributed by atoms with Gasteiger partial charge < -0.3 is 10.2 Å². The Morgan fingerprint density at radius 2 is 1.71 bits per heavy atom. The Hall–Kier alpha value is -3.39.